The summed E-state index contributed by atoms with van der Waals surface area (Å²) >= 11 is 3.51. The second-order valence-corrected chi connectivity index (χ2v) is 6.89. The standard InChI is InChI=1S/C13H19NOS2/c1-10(17-11(2)13(14)15)8-9-16-12-6-4-3-5-7-12/h3-7,10-11H,8-9H2,1-2H3,(H2,14,15)/t10-,11-/m1/s1. The van der Waals surface area contributed by atoms with Gasteiger partial charge in [0.1, 0.15) is 0 Å². The predicted molar refractivity (Wildman–Crippen MR) is 77.5 cm³/mol. The molecule has 2 nitrogen and oxygen atoms in total. The van der Waals surface area contributed by atoms with E-state index >= 15 is 0 Å². The Morgan fingerprint density at radius 2 is 1.94 bits per heavy atom. The molecule has 1 rings (SSSR count). The van der Waals surface area contributed by atoms with E-state index in [0.717, 1.165) is 12.2 Å². The van der Waals surface area contributed by atoms with Crippen molar-refractivity contribution in [2.24, 2.45) is 5.73 Å². The summed E-state index contributed by atoms with van der Waals surface area (Å²) in [7, 11) is 0. The number of benzene rings is 1. The number of primary amides is 1. The largest absolute Gasteiger partial charge is 0.369 e. The molecule has 1 amide bonds. The topological polar surface area (TPSA) is 43.1 Å². The highest BCUT2D eigenvalue weighted by Crippen LogP contribution is 2.24. The fourth-order valence-corrected chi connectivity index (χ4v) is 3.63. The van der Waals surface area contributed by atoms with E-state index in [-0.39, 0.29) is 11.2 Å². The molecule has 0 unspecified atom stereocenters. The molecule has 0 bridgehead atoms. The molecular formula is C13H19NOS2. The summed E-state index contributed by atoms with van der Waals surface area (Å²) in [5.41, 5.74) is 5.24. The highest BCUT2D eigenvalue weighted by atomic mass is 32.2. The van der Waals surface area contributed by atoms with Gasteiger partial charge >= 0.3 is 0 Å². The van der Waals surface area contributed by atoms with E-state index in [1.807, 2.05) is 24.8 Å². The average Bonchev–Trinajstić information content (AvgIpc) is 2.30. The van der Waals surface area contributed by atoms with Gasteiger partial charge in [-0.1, -0.05) is 25.1 Å². The number of hydrogen-bond acceptors (Lipinski definition) is 3. The van der Waals surface area contributed by atoms with E-state index in [1.165, 1.54) is 4.90 Å². The minimum atomic E-state index is -0.224. The Kier molecular flexibility index (Phi) is 6.52. The Hall–Kier alpha value is -0.610. The maximum atomic E-state index is 10.9. The minimum Gasteiger partial charge on any atom is -0.369 e. The molecule has 4 heteroatoms. The predicted octanol–water partition coefficient (Wildman–Crippen LogP) is 3.16. The van der Waals surface area contributed by atoms with Crippen LogP contribution in [0.1, 0.15) is 20.3 Å². The molecule has 0 heterocycles. The first-order valence-electron chi connectivity index (χ1n) is 5.72. The van der Waals surface area contributed by atoms with Crippen LogP contribution in [0, 0.1) is 0 Å². The average molecular weight is 269 g/mol. The Morgan fingerprint density at radius 1 is 1.29 bits per heavy atom. The molecule has 2 N–H and O–H groups in total. The highest BCUT2D eigenvalue weighted by molar-refractivity contribution is 8.01. The third kappa shape index (κ3) is 6.03. The SMILES string of the molecule is C[C@H](CCSc1ccccc1)S[C@H](C)C(N)=O. The number of carbonyl (C=O) groups is 1. The Morgan fingerprint density at radius 3 is 2.53 bits per heavy atom. The summed E-state index contributed by atoms with van der Waals surface area (Å²) in [5.74, 6) is 0.849. The first-order valence-corrected chi connectivity index (χ1v) is 7.65. The molecule has 1 aromatic rings. The summed E-state index contributed by atoms with van der Waals surface area (Å²) in [5, 5.41) is 0.375. The zero-order valence-electron chi connectivity index (χ0n) is 10.3. The molecule has 0 spiro atoms. The van der Waals surface area contributed by atoms with E-state index in [4.69, 9.17) is 5.73 Å². The van der Waals surface area contributed by atoms with Gasteiger partial charge < -0.3 is 5.73 Å². The molecule has 0 aliphatic rings. The van der Waals surface area contributed by atoms with Crippen LogP contribution in [-0.4, -0.2) is 22.2 Å². The van der Waals surface area contributed by atoms with Gasteiger partial charge in [-0.05, 0) is 31.2 Å². The molecule has 0 saturated heterocycles. The fourth-order valence-electron chi connectivity index (χ4n) is 1.34. The Bertz CT molecular complexity index is 343. The van der Waals surface area contributed by atoms with E-state index in [2.05, 4.69) is 31.2 Å². The molecular weight excluding hydrogens is 250 g/mol. The van der Waals surface area contributed by atoms with Crippen LogP contribution in [-0.2, 0) is 4.79 Å². The molecule has 0 aliphatic carbocycles. The zero-order chi connectivity index (χ0) is 12.7. The van der Waals surface area contributed by atoms with E-state index in [9.17, 15) is 4.79 Å². The van der Waals surface area contributed by atoms with Gasteiger partial charge in [-0.25, -0.2) is 0 Å². The second-order valence-electron chi connectivity index (χ2n) is 3.94. The Labute approximate surface area is 112 Å². The zero-order valence-corrected chi connectivity index (χ0v) is 11.9. The van der Waals surface area contributed by atoms with Crippen molar-refractivity contribution in [3.05, 3.63) is 30.3 Å². The van der Waals surface area contributed by atoms with Crippen molar-refractivity contribution in [2.75, 3.05) is 5.75 Å². The molecule has 0 radical (unpaired) electrons. The van der Waals surface area contributed by atoms with E-state index in [0.29, 0.717) is 5.25 Å². The summed E-state index contributed by atoms with van der Waals surface area (Å²) in [4.78, 5) is 12.2. The molecule has 0 saturated carbocycles. The van der Waals surface area contributed by atoms with Crippen LogP contribution in [0.3, 0.4) is 0 Å². The van der Waals surface area contributed by atoms with Crippen molar-refractivity contribution >= 4 is 29.4 Å². The Balaban J connectivity index is 2.20. The van der Waals surface area contributed by atoms with Gasteiger partial charge in [-0.3, -0.25) is 4.79 Å². The number of rotatable bonds is 7. The lowest BCUT2D eigenvalue weighted by atomic mass is 10.4. The van der Waals surface area contributed by atoms with Crippen LogP contribution in [0.2, 0.25) is 0 Å². The highest BCUT2D eigenvalue weighted by Gasteiger charge is 2.13. The molecule has 0 aromatic heterocycles. The van der Waals surface area contributed by atoms with Gasteiger partial charge in [0.2, 0.25) is 5.91 Å². The number of hydrogen-bond donors (Lipinski definition) is 1. The van der Waals surface area contributed by atoms with E-state index in [1.54, 1.807) is 11.8 Å². The summed E-state index contributed by atoms with van der Waals surface area (Å²) in [6.45, 7) is 4.02. The minimum absolute atomic E-state index is 0.0910. The van der Waals surface area contributed by atoms with Gasteiger partial charge in [-0.2, -0.15) is 0 Å². The van der Waals surface area contributed by atoms with Crippen LogP contribution in [0.5, 0.6) is 0 Å². The molecule has 94 valence electrons. The van der Waals surface area contributed by atoms with Gasteiger partial charge in [0.05, 0.1) is 5.25 Å². The van der Waals surface area contributed by atoms with Crippen molar-refractivity contribution in [1.29, 1.82) is 0 Å². The smallest absolute Gasteiger partial charge is 0.230 e. The van der Waals surface area contributed by atoms with Crippen molar-refractivity contribution in [1.82, 2.24) is 0 Å². The van der Waals surface area contributed by atoms with Crippen molar-refractivity contribution in [3.8, 4) is 0 Å². The first-order chi connectivity index (χ1) is 8.09. The number of amides is 1. The molecule has 17 heavy (non-hydrogen) atoms. The normalized spacial score (nSPS) is 14.2. The summed E-state index contributed by atoms with van der Waals surface area (Å²) < 4.78 is 0. The van der Waals surface area contributed by atoms with Crippen molar-refractivity contribution < 1.29 is 4.79 Å². The monoisotopic (exact) mass is 269 g/mol. The van der Waals surface area contributed by atoms with Crippen LogP contribution < -0.4 is 5.73 Å². The van der Waals surface area contributed by atoms with Crippen molar-refractivity contribution in [3.63, 3.8) is 0 Å². The lowest BCUT2D eigenvalue weighted by Gasteiger charge is -2.14. The fraction of sp³-hybridized carbons (Fsp3) is 0.462. The van der Waals surface area contributed by atoms with Gasteiger partial charge in [0, 0.05) is 10.1 Å². The maximum absolute atomic E-state index is 10.9. The summed E-state index contributed by atoms with van der Waals surface area (Å²) in [6.07, 6.45) is 1.09. The summed E-state index contributed by atoms with van der Waals surface area (Å²) in [6, 6.07) is 10.4. The van der Waals surface area contributed by atoms with Crippen molar-refractivity contribution in [2.45, 2.75) is 35.7 Å². The third-order valence-corrected chi connectivity index (χ3v) is 4.76. The molecule has 0 aliphatic heterocycles. The van der Waals surface area contributed by atoms with Crippen LogP contribution in [0.4, 0.5) is 0 Å². The molecule has 0 fully saturated rings. The molecule has 1 aromatic carbocycles. The maximum Gasteiger partial charge on any atom is 0.230 e. The van der Waals surface area contributed by atoms with Gasteiger partial charge in [0.15, 0.2) is 0 Å². The van der Waals surface area contributed by atoms with Crippen LogP contribution in [0.25, 0.3) is 0 Å². The van der Waals surface area contributed by atoms with Crippen LogP contribution >= 0.6 is 23.5 Å². The quantitative estimate of drug-likeness (QED) is 0.773. The van der Waals surface area contributed by atoms with Gasteiger partial charge in [0.25, 0.3) is 0 Å². The lowest BCUT2D eigenvalue weighted by Crippen LogP contribution is -2.24. The second kappa shape index (κ2) is 7.67. The van der Waals surface area contributed by atoms with Gasteiger partial charge in [-0.15, -0.1) is 23.5 Å². The third-order valence-electron chi connectivity index (χ3n) is 2.37. The molecule has 2 atom stereocenters. The number of thioether (sulfide) groups is 2. The van der Waals surface area contributed by atoms with Crippen LogP contribution in [0.15, 0.2) is 35.2 Å². The lowest BCUT2D eigenvalue weighted by molar-refractivity contribution is -0.117. The van der Waals surface area contributed by atoms with E-state index < -0.39 is 0 Å². The number of nitrogens with two attached hydrogens (primary N) is 1. The number of carbonyl (C=O) groups excluding carboxylic acids is 1. The first kappa shape index (κ1) is 14.5.